The fourth-order valence-corrected chi connectivity index (χ4v) is 5.19. The Hall–Kier alpha value is -3.18. The van der Waals surface area contributed by atoms with Crippen LogP contribution in [0.25, 0.3) is 10.6 Å². The molecule has 3 aromatic rings. The van der Waals surface area contributed by atoms with Crippen molar-refractivity contribution in [3.05, 3.63) is 48.5 Å². The summed E-state index contributed by atoms with van der Waals surface area (Å²) in [7, 11) is -2.16. The van der Waals surface area contributed by atoms with E-state index in [2.05, 4.69) is 15.5 Å². The number of amides is 1. The number of anilines is 2. The highest BCUT2D eigenvalue weighted by molar-refractivity contribution is 7.92. The number of sulfonamides is 1. The first-order valence-corrected chi connectivity index (χ1v) is 12.9. The molecule has 1 N–H and O–H groups in total. The summed E-state index contributed by atoms with van der Waals surface area (Å²) >= 11 is 1.20. The highest BCUT2D eigenvalue weighted by atomic mass is 32.2. The molecule has 0 bridgehead atoms. The number of nitrogens with zero attached hydrogens (tertiary/aromatic N) is 3. The number of benzene rings is 2. The summed E-state index contributed by atoms with van der Waals surface area (Å²) in [6.45, 7) is 4.11. The summed E-state index contributed by atoms with van der Waals surface area (Å²) in [5.74, 6) is 0.846. The van der Waals surface area contributed by atoms with Gasteiger partial charge in [0.05, 0.1) is 25.7 Å². The number of ether oxygens (including phenoxy) is 2. The maximum absolute atomic E-state index is 13.1. The maximum Gasteiger partial charge on any atom is 0.250 e. The van der Waals surface area contributed by atoms with Gasteiger partial charge in [0.25, 0.3) is 0 Å². The first-order chi connectivity index (χ1) is 15.8. The third-order valence-corrected chi connectivity index (χ3v) is 6.79. The van der Waals surface area contributed by atoms with Crippen LogP contribution in [-0.2, 0) is 14.8 Å². The summed E-state index contributed by atoms with van der Waals surface area (Å²) in [6, 6.07) is 12.9. The van der Waals surface area contributed by atoms with Crippen LogP contribution in [0.2, 0.25) is 0 Å². The Kier molecular flexibility index (Phi) is 7.88. The van der Waals surface area contributed by atoms with Crippen LogP contribution in [0.1, 0.15) is 20.3 Å². The van der Waals surface area contributed by atoms with Crippen molar-refractivity contribution in [2.24, 2.45) is 0 Å². The number of carbonyl (C=O) groups is 1. The van der Waals surface area contributed by atoms with E-state index in [-0.39, 0.29) is 11.6 Å². The number of hydrogen-bond acceptors (Lipinski definition) is 8. The maximum atomic E-state index is 13.1. The molecule has 9 nitrogen and oxygen atoms in total. The number of aromatic nitrogens is 2. The molecule has 0 aliphatic rings. The summed E-state index contributed by atoms with van der Waals surface area (Å²) in [4.78, 5) is 13.1. The highest BCUT2D eigenvalue weighted by Gasteiger charge is 2.32. The van der Waals surface area contributed by atoms with E-state index in [9.17, 15) is 13.2 Å². The molecular weight excluding hydrogens is 464 g/mol. The zero-order valence-electron chi connectivity index (χ0n) is 18.8. The number of rotatable bonds is 10. The normalized spacial score (nSPS) is 12.1. The van der Waals surface area contributed by atoms with Crippen molar-refractivity contribution in [3.8, 4) is 22.1 Å². The molecule has 0 aliphatic heterocycles. The van der Waals surface area contributed by atoms with Crippen molar-refractivity contribution in [3.63, 3.8) is 0 Å². The molecule has 0 radical (unpaired) electrons. The zero-order valence-corrected chi connectivity index (χ0v) is 20.4. The van der Waals surface area contributed by atoms with E-state index in [1.54, 1.807) is 38.3 Å². The minimum atomic E-state index is -3.75. The van der Waals surface area contributed by atoms with E-state index < -0.39 is 22.0 Å². The van der Waals surface area contributed by atoms with Gasteiger partial charge < -0.3 is 9.47 Å². The smallest absolute Gasteiger partial charge is 0.250 e. The molecule has 176 valence electrons. The van der Waals surface area contributed by atoms with Crippen LogP contribution in [0.5, 0.6) is 11.5 Å². The van der Waals surface area contributed by atoms with Gasteiger partial charge in [-0.25, -0.2) is 8.42 Å². The zero-order chi connectivity index (χ0) is 24.0. The molecule has 11 heteroatoms. The Balaban J connectivity index is 1.81. The van der Waals surface area contributed by atoms with E-state index in [4.69, 9.17) is 9.47 Å². The average molecular weight is 491 g/mol. The van der Waals surface area contributed by atoms with Crippen molar-refractivity contribution < 1.29 is 22.7 Å². The monoisotopic (exact) mass is 490 g/mol. The second-order valence-corrected chi connectivity index (χ2v) is 9.88. The Morgan fingerprint density at radius 3 is 2.24 bits per heavy atom. The molecular formula is C22H26N4O5S2. The van der Waals surface area contributed by atoms with Crippen molar-refractivity contribution in [1.82, 2.24) is 10.2 Å². The number of methoxy groups -OCH3 is 1. The predicted molar refractivity (Wildman–Crippen MR) is 130 cm³/mol. The second-order valence-electron chi connectivity index (χ2n) is 7.04. The van der Waals surface area contributed by atoms with Gasteiger partial charge in [0.2, 0.25) is 21.1 Å². The van der Waals surface area contributed by atoms with Crippen molar-refractivity contribution >= 4 is 38.1 Å². The lowest BCUT2D eigenvalue weighted by atomic mass is 10.2. The van der Waals surface area contributed by atoms with Crippen molar-refractivity contribution in [1.29, 1.82) is 0 Å². The van der Waals surface area contributed by atoms with Gasteiger partial charge in [-0.3, -0.25) is 14.4 Å². The lowest BCUT2D eigenvalue weighted by Gasteiger charge is -2.29. The van der Waals surface area contributed by atoms with Crippen LogP contribution in [0, 0.1) is 0 Å². The molecule has 0 aliphatic carbocycles. The van der Waals surface area contributed by atoms with Gasteiger partial charge >= 0.3 is 0 Å². The van der Waals surface area contributed by atoms with E-state index in [1.807, 2.05) is 31.2 Å². The molecule has 1 aromatic heterocycles. The van der Waals surface area contributed by atoms with Crippen LogP contribution in [0.4, 0.5) is 10.8 Å². The van der Waals surface area contributed by atoms with Crippen molar-refractivity contribution in [2.45, 2.75) is 26.3 Å². The van der Waals surface area contributed by atoms with Crippen molar-refractivity contribution in [2.75, 3.05) is 29.6 Å². The number of nitrogens with one attached hydrogen (secondary N) is 1. The van der Waals surface area contributed by atoms with Crippen LogP contribution >= 0.6 is 11.3 Å². The molecule has 0 saturated heterocycles. The summed E-state index contributed by atoms with van der Waals surface area (Å²) in [6.07, 6.45) is 1.34. The largest absolute Gasteiger partial charge is 0.497 e. The molecule has 0 fully saturated rings. The minimum Gasteiger partial charge on any atom is -0.497 e. The fraction of sp³-hybridized carbons (Fsp3) is 0.318. The minimum absolute atomic E-state index is 0.260. The third-order valence-electron chi connectivity index (χ3n) is 4.72. The quantitative estimate of drug-likeness (QED) is 0.460. The highest BCUT2D eigenvalue weighted by Crippen LogP contribution is 2.29. The first kappa shape index (κ1) is 24.5. The van der Waals surface area contributed by atoms with Gasteiger partial charge in [-0.1, -0.05) is 18.3 Å². The van der Waals surface area contributed by atoms with Gasteiger partial charge in [0.1, 0.15) is 22.5 Å². The van der Waals surface area contributed by atoms with Gasteiger partial charge in [0.15, 0.2) is 0 Å². The summed E-state index contributed by atoms with van der Waals surface area (Å²) in [5.41, 5.74) is 1.20. The third kappa shape index (κ3) is 5.99. The summed E-state index contributed by atoms with van der Waals surface area (Å²) in [5, 5.41) is 11.8. The predicted octanol–water partition coefficient (Wildman–Crippen LogP) is 3.80. The standard InChI is InChI=1S/C22H26N4O5S2/c1-5-19(26(33(4,28)29)16-9-13-18(14-10-16)31-6-2)20(27)23-22-25-24-21(32-22)15-7-11-17(30-3)12-8-15/h7-14,19H,5-6H2,1-4H3,(H,23,25,27)/t19-/m1/s1. The van der Waals surface area contributed by atoms with Gasteiger partial charge in [-0.15, -0.1) is 10.2 Å². The molecule has 3 rings (SSSR count). The molecule has 0 saturated carbocycles. The Morgan fingerprint density at radius 2 is 1.70 bits per heavy atom. The van der Waals surface area contributed by atoms with Gasteiger partial charge in [-0.2, -0.15) is 0 Å². The number of carbonyl (C=O) groups excluding carboxylic acids is 1. The Bertz CT molecular complexity index is 1180. The van der Waals surface area contributed by atoms with E-state index in [1.165, 1.54) is 11.3 Å². The second kappa shape index (κ2) is 10.6. The van der Waals surface area contributed by atoms with Crippen LogP contribution in [0.3, 0.4) is 0 Å². The SMILES string of the molecule is CCOc1ccc(N([C@H](CC)C(=O)Nc2nnc(-c3ccc(OC)cc3)s2)S(C)(=O)=O)cc1. The topological polar surface area (TPSA) is 111 Å². The van der Waals surface area contributed by atoms with Gasteiger partial charge in [0, 0.05) is 5.56 Å². The van der Waals surface area contributed by atoms with Crippen LogP contribution < -0.4 is 19.1 Å². The molecule has 1 atom stereocenters. The van der Waals surface area contributed by atoms with E-state index in [0.29, 0.717) is 23.1 Å². The number of hydrogen-bond donors (Lipinski definition) is 1. The van der Waals surface area contributed by atoms with Crippen LogP contribution in [-0.4, -0.2) is 50.5 Å². The fourth-order valence-electron chi connectivity index (χ4n) is 3.23. The summed E-state index contributed by atoms with van der Waals surface area (Å²) < 4.78 is 36.9. The van der Waals surface area contributed by atoms with E-state index in [0.717, 1.165) is 21.9 Å². The molecule has 1 amide bonds. The lowest BCUT2D eigenvalue weighted by Crippen LogP contribution is -2.47. The van der Waals surface area contributed by atoms with Crippen LogP contribution in [0.15, 0.2) is 48.5 Å². The average Bonchev–Trinajstić information content (AvgIpc) is 3.26. The molecule has 33 heavy (non-hydrogen) atoms. The molecule has 1 heterocycles. The molecule has 0 unspecified atom stereocenters. The first-order valence-electron chi connectivity index (χ1n) is 10.3. The molecule has 2 aromatic carbocycles. The molecule has 0 spiro atoms. The van der Waals surface area contributed by atoms with Gasteiger partial charge in [-0.05, 0) is 61.9 Å². The lowest BCUT2D eigenvalue weighted by molar-refractivity contribution is -0.117. The Morgan fingerprint density at radius 1 is 1.06 bits per heavy atom. The van der Waals surface area contributed by atoms with E-state index >= 15 is 0 Å². The Labute approximate surface area is 197 Å².